The third-order valence-corrected chi connectivity index (χ3v) is 6.16. The van der Waals surface area contributed by atoms with E-state index in [0.29, 0.717) is 47.3 Å². The van der Waals surface area contributed by atoms with Crippen molar-refractivity contribution in [2.45, 2.75) is 47.0 Å². The van der Waals surface area contributed by atoms with Crippen LogP contribution in [0, 0.1) is 11.3 Å². The summed E-state index contributed by atoms with van der Waals surface area (Å²) in [6, 6.07) is 13.6. The minimum absolute atomic E-state index is 0.0981. The summed E-state index contributed by atoms with van der Waals surface area (Å²) in [5.41, 5.74) is 1.24. The summed E-state index contributed by atoms with van der Waals surface area (Å²) in [7, 11) is 0. The van der Waals surface area contributed by atoms with Crippen LogP contribution < -0.4 is 14.2 Å². The van der Waals surface area contributed by atoms with Crippen molar-refractivity contribution in [3.63, 3.8) is 0 Å². The molecule has 0 atom stereocenters. The van der Waals surface area contributed by atoms with Crippen LogP contribution in [0.3, 0.4) is 0 Å². The lowest BCUT2D eigenvalue weighted by Crippen LogP contribution is -2.46. The van der Waals surface area contributed by atoms with Crippen molar-refractivity contribution in [2.75, 3.05) is 33.0 Å². The molecule has 0 unspecified atom stereocenters. The molecule has 0 radical (unpaired) electrons. The highest BCUT2D eigenvalue weighted by Crippen LogP contribution is 2.32. The molecule has 7 heteroatoms. The van der Waals surface area contributed by atoms with E-state index < -0.39 is 5.97 Å². The van der Waals surface area contributed by atoms with Crippen molar-refractivity contribution >= 4 is 11.9 Å². The summed E-state index contributed by atoms with van der Waals surface area (Å²) in [5, 5.41) is 0. The number of allylic oxidation sites excluding steroid dienone is 1. The van der Waals surface area contributed by atoms with E-state index in [4.69, 9.17) is 23.7 Å². The number of benzene rings is 2. The largest absolute Gasteiger partial charge is 0.493 e. The Bertz CT molecular complexity index is 1030. The van der Waals surface area contributed by atoms with Crippen molar-refractivity contribution < 1.29 is 33.3 Å². The predicted octanol–water partition coefficient (Wildman–Crippen LogP) is 6.02. The fourth-order valence-electron chi connectivity index (χ4n) is 3.80. The number of ether oxygens (including phenoxy) is 5. The van der Waals surface area contributed by atoms with Gasteiger partial charge in [0.05, 0.1) is 30.8 Å². The van der Waals surface area contributed by atoms with Gasteiger partial charge in [0.2, 0.25) is 0 Å². The molecule has 1 aliphatic rings. The Morgan fingerprint density at radius 1 is 0.919 bits per heavy atom. The van der Waals surface area contributed by atoms with E-state index in [2.05, 4.69) is 20.8 Å². The maximum Gasteiger partial charge on any atom is 0.343 e. The van der Waals surface area contributed by atoms with E-state index in [9.17, 15) is 9.59 Å². The van der Waals surface area contributed by atoms with E-state index in [1.807, 2.05) is 13.0 Å². The Hall–Kier alpha value is -3.32. The Balaban J connectivity index is 1.41. The lowest BCUT2D eigenvalue weighted by Gasteiger charge is -2.40. The number of carbonyl (C=O) groups excluding carboxylic acids is 2. The molecule has 0 spiro atoms. The van der Waals surface area contributed by atoms with Crippen LogP contribution in [0.1, 0.15) is 57.3 Å². The molecule has 0 saturated carbocycles. The van der Waals surface area contributed by atoms with Gasteiger partial charge in [0.1, 0.15) is 30.5 Å². The number of esters is 2. The summed E-state index contributed by atoms with van der Waals surface area (Å²) in [4.78, 5) is 24.8. The van der Waals surface area contributed by atoms with E-state index in [1.165, 1.54) is 0 Å². The second kappa shape index (κ2) is 13.8. The van der Waals surface area contributed by atoms with Gasteiger partial charge in [-0.2, -0.15) is 0 Å². The van der Waals surface area contributed by atoms with Gasteiger partial charge in [0.25, 0.3) is 0 Å². The number of rotatable bonds is 14. The molecule has 0 aliphatic carbocycles. The minimum Gasteiger partial charge on any atom is -0.493 e. The maximum atomic E-state index is 12.5. The zero-order valence-corrected chi connectivity index (χ0v) is 22.3. The molecule has 37 heavy (non-hydrogen) atoms. The van der Waals surface area contributed by atoms with Gasteiger partial charge in [-0.25, -0.2) is 9.59 Å². The fourth-order valence-corrected chi connectivity index (χ4v) is 3.80. The lowest BCUT2D eigenvalue weighted by molar-refractivity contribution is -0.140. The maximum absolute atomic E-state index is 12.5. The Labute approximate surface area is 219 Å². The predicted molar refractivity (Wildman–Crippen MR) is 141 cm³/mol. The molecule has 3 rings (SSSR count). The summed E-state index contributed by atoms with van der Waals surface area (Å²) in [6.07, 6.45) is 4.41. The summed E-state index contributed by atoms with van der Waals surface area (Å²) in [6.45, 7) is 10.7. The van der Waals surface area contributed by atoms with Gasteiger partial charge < -0.3 is 23.7 Å². The molecule has 1 fully saturated rings. The first-order valence-electron chi connectivity index (χ1n) is 13.0. The van der Waals surface area contributed by atoms with Crippen LogP contribution >= 0.6 is 0 Å². The summed E-state index contributed by atoms with van der Waals surface area (Å²) in [5.74, 6) is 1.34. The van der Waals surface area contributed by atoms with E-state index in [-0.39, 0.29) is 24.6 Å². The van der Waals surface area contributed by atoms with Gasteiger partial charge in [-0.05, 0) is 73.7 Å². The Kier molecular flexibility index (Phi) is 10.6. The molecule has 0 aromatic heterocycles. The molecule has 7 nitrogen and oxygen atoms in total. The van der Waals surface area contributed by atoms with Crippen molar-refractivity contribution in [1.29, 1.82) is 0 Å². The van der Waals surface area contributed by atoms with Crippen molar-refractivity contribution in [3.8, 4) is 17.2 Å². The first-order valence-corrected chi connectivity index (χ1v) is 13.0. The lowest BCUT2D eigenvalue weighted by atomic mass is 9.84. The number of hydrogen-bond donors (Lipinski definition) is 0. The highest BCUT2D eigenvalue weighted by atomic mass is 16.6. The second-order valence-electron chi connectivity index (χ2n) is 9.74. The number of hydrogen-bond acceptors (Lipinski definition) is 7. The molecule has 1 saturated heterocycles. The van der Waals surface area contributed by atoms with Gasteiger partial charge in [0.15, 0.2) is 0 Å². The third-order valence-electron chi connectivity index (χ3n) is 6.16. The number of carbonyl (C=O) groups is 2. The molecular formula is C30H38O7. The van der Waals surface area contributed by atoms with Crippen LogP contribution in [0.5, 0.6) is 17.2 Å². The molecule has 1 heterocycles. The quantitative estimate of drug-likeness (QED) is 0.133. The van der Waals surface area contributed by atoms with Crippen LogP contribution in [0.15, 0.2) is 60.2 Å². The van der Waals surface area contributed by atoms with Crippen LogP contribution in [-0.4, -0.2) is 45.0 Å². The van der Waals surface area contributed by atoms with Gasteiger partial charge in [-0.15, -0.1) is 0 Å². The summed E-state index contributed by atoms with van der Waals surface area (Å²) >= 11 is 0. The average molecular weight is 511 g/mol. The molecule has 0 bridgehead atoms. The molecule has 2 aromatic rings. The summed E-state index contributed by atoms with van der Waals surface area (Å²) < 4.78 is 27.7. The first-order chi connectivity index (χ1) is 17.8. The smallest absolute Gasteiger partial charge is 0.343 e. The van der Waals surface area contributed by atoms with Gasteiger partial charge in [0, 0.05) is 5.57 Å². The van der Waals surface area contributed by atoms with Crippen molar-refractivity contribution in [3.05, 3.63) is 65.7 Å². The second-order valence-corrected chi connectivity index (χ2v) is 9.74. The highest BCUT2D eigenvalue weighted by Gasteiger charge is 2.37. The Morgan fingerprint density at radius 3 is 2.11 bits per heavy atom. The normalized spacial score (nSPS) is 14.6. The van der Waals surface area contributed by atoms with E-state index in [0.717, 1.165) is 26.1 Å². The molecule has 2 aromatic carbocycles. The van der Waals surface area contributed by atoms with Gasteiger partial charge in [-0.1, -0.05) is 33.8 Å². The molecule has 0 amide bonds. The van der Waals surface area contributed by atoms with Gasteiger partial charge in [-0.3, -0.25) is 0 Å². The van der Waals surface area contributed by atoms with Crippen LogP contribution in [0.2, 0.25) is 0 Å². The van der Waals surface area contributed by atoms with E-state index in [1.54, 1.807) is 48.5 Å². The topological polar surface area (TPSA) is 80.3 Å². The molecule has 1 aliphatic heterocycles. The van der Waals surface area contributed by atoms with Crippen LogP contribution in [-0.2, 0) is 14.3 Å². The zero-order valence-electron chi connectivity index (χ0n) is 22.3. The van der Waals surface area contributed by atoms with Gasteiger partial charge >= 0.3 is 11.9 Å². The fraction of sp³-hybridized carbons (Fsp3) is 0.467. The monoisotopic (exact) mass is 510 g/mol. The minimum atomic E-state index is -0.457. The average Bonchev–Trinajstić information content (AvgIpc) is 2.87. The zero-order chi connectivity index (χ0) is 26.7. The SMILES string of the molecule is CC/C=C(\CC(C)C)C(=O)OCCOc1ccc(OC(=O)c2ccc(OCC3(CC)COC3)cc2)cc1. The van der Waals surface area contributed by atoms with Crippen molar-refractivity contribution in [2.24, 2.45) is 11.3 Å². The highest BCUT2D eigenvalue weighted by molar-refractivity contribution is 5.91. The molecule has 200 valence electrons. The van der Waals surface area contributed by atoms with Crippen LogP contribution in [0.25, 0.3) is 0 Å². The Morgan fingerprint density at radius 2 is 1.54 bits per heavy atom. The molecule has 0 N–H and O–H groups in total. The molecular weight excluding hydrogens is 472 g/mol. The van der Waals surface area contributed by atoms with E-state index >= 15 is 0 Å². The van der Waals surface area contributed by atoms with Crippen LogP contribution in [0.4, 0.5) is 0 Å². The first kappa shape index (κ1) is 28.3. The third kappa shape index (κ3) is 8.64. The van der Waals surface area contributed by atoms with Crippen molar-refractivity contribution in [1.82, 2.24) is 0 Å². The standard InChI is InChI=1S/C30H38O7/c1-5-7-24(18-22(3)4)28(31)35-17-16-34-25-12-14-27(15-13-25)37-29(32)23-8-10-26(11-9-23)36-21-30(6-2)19-33-20-30/h7-15,22H,5-6,16-21H2,1-4H3/b24-7+.